The fraction of sp³-hybridized carbons (Fsp3) is 0.0588. The Morgan fingerprint density at radius 2 is 2.09 bits per heavy atom. The number of anilines is 1. The topological polar surface area (TPSA) is 67.0 Å². The maximum absolute atomic E-state index is 11.9. The third kappa shape index (κ3) is 3.15. The monoisotopic (exact) mass is 293 g/mol. The lowest BCUT2D eigenvalue weighted by Crippen LogP contribution is -2.08. The highest BCUT2D eigenvalue weighted by Gasteiger charge is 2.04. The van der Waals surface area contributed by atoms with Crippen molar-refractivity contribution in [3.63, 3.8) is 0 Å². The summed E-state index contributed by atoms with van der Waals surface area (Å²) in [5.74, 6) is 0.934. The summed E-state index contributed by atoms with van der Waals surface area (Å²) in [4.78, 5) is 19.3. The summed E-state index contributed by atoms with van der Waals surface area (Å²) in [5.41, 5.74) is 2.59. The number of aromatic amines is 1. The Morgan fingerprint density at radius 3 is 2.91 bits per heavy atom. The Morgan fingerprint density at radius 1 is 1.23 bits per heavy atom. The first kappa shape index (κ1) is 13.9. The van der Waals surface area contributed by atoms with Crippen molar-refractivity contribution in [2.45, 2.75) is 0 Å². The van der Waals surface area contributed by atoms with E-state index in [1.165, 1.54) is 6.08 Å². The molecule has 0 aliphatic carbocycles. The first-order valence-corrected chi connectivity index (χ1v) is 6.82. The van der Waals surface area contributed by atoms with Gasteiger partial charge in [-0.2, -0.15) is 0 Å². The van der Waals surface area contributed by atoms with E-state index in [2.05, 4.69) is 15.3 Å². The molecule has 0 aliphatic rings. The molecule has 1 amide bonds. The number of benzene rings is 2. The lowest BCUT2D eigenvalue weighted by atomic mass is 10.2. The molecular formula is C17H15N3O2. The minimum absolute atomic E-state index is 0.248. The van der Waals surface area contributed by atoms with Gasteiger partial charge in [-0.05, 0) is 35.9 Å². The van der Waals surface area contributed by atoms with Crippen LogP contribution in [0.3, 0.4) is 0 Å². The number of nitrogens with zero attached hydrogens (tertiary/aromatic N) is 1. The standard InChI is InChI=1S/C17H15N3O2/c1-22-13-6-4-5-12(11-13)9-10-16(21)20-17-18-14-7-2-3-8-15(14)19-17/h2-11H,1H3,(H2,18,19,20,21)/b10-9+. The maximum atomic E-state index is 11.9. The number of aromatic nitrogens is 2. The second-order valence-electron chi connectivity index (χ2n) is 4.70. The summed E-state index contributed by atoms with van der Waals surface area (Å²) in [7, 11) is 1.61. The zero-order valence-corrected chi connectivity index (χ0v) is 12.0. The number of rotatable bonds is 4. The van der Waals surface area contributed by atoms with Crippen LogP contribution in [0.2, 0.25) is 0 Å². The number of amides is 1. The van der Waals surface area contributed by atoms with Crippen molar-refractivity contribution in [2.24, 2.45) is 0 Å². The molecule has 0 fully saturated rings. The highest BCUT2D eigenvalue weighted by Crippen LogP contribution is 2.15. The van der Waals surface area contributed by atoms with Gasteiger partial charge < -0.3 is 9.72 Å². The van der Waals surface area contributed by atoms with Crippen molar-refractivity contribution < 1.29 is 9.53 Å². The SMILES string of the molecule is COc1cccc(/C=C/C(=O)Nc2nc3ccccc3[nH]2)c1. The Labute approximate surface area is 127 Å². The van der Waals surface area contributed by atoms with Crippen molar-refractivity contribution in [1.29, 1.82) is 0 Å². The Bertz CT molecular complexity index is 804. The van der Waals surface area contributed by atoms with Crippen LogP contribution in [0, 0.1) is 0 Å². The molecule has 0 saturated heterocycles. The molecule has 2 aromatic carbocycles. The van der Waals surface area contributed by atoms with Gasteiger partial charge in [-0.25, -0.2) is 4.98 Å². The second kappa shape index (κ2) is 6.13. The molecule has 3 aromatic rings. The predicted molar refractivity (Wildman–Crippen MR) is 86.8 cm³/mol. The zero-order chi connectivity index (χ0) is 15.4. The number of imidazole rings is 1. The molecular weight excluding hydrogens is 278 g/mol. The van der Waals surface area contributed by atoms with E-state index in [-0.39, 0.29) is 5.91 Å². The number of ether oxygens (including phenoxy) is 1. The summed E-state index contributed by atoms with van der Waals surface area (Å²) in [5, 5.41) is 2.71. The highest BCUT2D eigenvalue weighted by molar-refractivity contribution is 6.01. The number of fused-ring (bicyclic) bond motifs is 1. The van der Waals surface area contributed by atoms with E-state index in [9.17, 15) is 4.79 Å². The van der Waals surface area contributed by atoms with Crippen molar-refractivity contribution in [1.82, 2.24) is 9.97 Å². The Kier molecular flexibility index (Phi) is 3.87. The molecule has 22 heavy (non-hydrogen) atoms. The molecule has 0 radical (unpaired) electrons. The molecule has 0 aliphatic heterocycles. The van der Waals surface area contributed by atoms with E-state index >= 15 is 0 Å². The fourth-order valence-electron chi connectivity index (χ4n) is 2.09. The summed E-state index contributed by atoms with van der Waals surface area (Å²) in [6.07, 6.45) is 3.18. The Balaban J connectivity index is 1.70. The smallest absolute Gasteiger partial charge is 0.250 e. The first-order valence-electron chi connectivity index (χ1n) is 6.82. The van der Waals surface area contributed by atoms with Gasteiger partial charge in [-0.15, -0.1) is 0 Å². The maximum Gasteiger partial charge on any atom is 0.250 e. The average molecular weight is 293 g/mol. The van der Waals surface area contributed by atoms with Crippen LogP contribution in [-0.2, 0) is 4.79 Å². The predicted octanol–water partition coefficient (Wildman–Crippen LogP) is 3.22. The number of nitrogens with one attached hydrogen (secondary N) is 2. The van der Waals surface area contributed by atoms with Crippen molar-refractivity contribution in [3.05, 3.63) is 60.2 Å². The molecule has 3 rings (SSSR count). The van der Waals surface area contributed by atoms with Crippen molar-refractivity contribution in [3.8, 4) is 5.75 Å². The van der Waals surface area contributed by atoms with Crippen LogP contribution in [0.4, 0.5) is 5.95 Å². The third-order valence-corrected chi connectivity index (χ3v) is 3.15. The van der Waals surface area contributed by atoms with Crippen LogP contribution < -0.4 is 10.1 Å². The van der Waals surface area contributed by atoms with Crippen molar-refractivity contribution >= 4 is 29.0 Å². The quantitative estimate of drug-likeness (QED) is 0.726. The van der Waals surface area contributed by atoms with Crippen LogP contribution in [0.25, 0.3) is 17.1 Å². The molecule has 0 bridgehead atoms. The number of hydrogen-bond acceptors (Lipinski definition) is 3. The molecule has 1 heterocycles. The van der Waals surface area contributed by atoms with Gasteiger partial charge in [0.05, 0.1) is 18.1 Å². The number of carbonyl (C=O) groups excluding carboxylic acids is 1. The van der Waals surface area contributed by atoms with E-state index < -0.39 is 0 Å². The second-order valence-corrected chi connectivity index (χ2v) is 4.70. The van der Waals surface area contributed by atoms with Crippen molar-refractivity contribution in [2.75, 3.05) is 12.4 Å². The van der Waals surface area contributed by atoms with Gasteiger partial charge in [0.1, 0.15) is 5.75 Å². The van der Waals surface area contributed by atoms with Gasteiger partial charge >= 0.3 is 0 Å². The van der Waals surface area contributed by atoms with Crippen LogP contribution in [0.1, 0.15) is 5.56 Å². The lowest BCUT2D eigenvalue weighted by Gasteiger charge is -2.00. The lowest BCUT2D eigenvalue weighted by molar-refractivity contribution is -0.111. The molecule has 0 unspecified atom stereocenters. The highest BCUT2D eigenvalue weighted by atomic mass is 16.5. The van der Waals surface area contributed by atoms with Gasteiger partial charge in [-0.3, -0.25) is 10.1 Å². The molecule has 110 valence electrons. The first-order chi connectivity index (χ1) is 10.7. The molecule has 0 atom stereocenters. The summed E-state index contributed by atoms with van der Waals surface area (Å²) in [6.45, 7) is 0. The number of para-hydroxylation sites is 2. The van der Waals surface area contributed by atoms with E-state index in [0.29, 0.717) is 5.95 Å². The minimum Gasteiger partial charge on any atom is -0.497 e. The van der Waals surface area contributed by atoms with Gasteiger partial charge in [0.2, 0.25) is 5.95 Å². The van der Waals surface area contributed by atoms with E-state index in [1.54, 1.807) is 13.2 Å². The molecule has 5 heteroatoms. The van der Waals surface area contributed by atoms with Gasteiger partial charge in [0.25, 0.3) is 5.91 Å². The summed E-state index contributed by atoms with van der Waals surface area (Å²) < 4.78 is 5.14. The molecule has 0 spiro atoms. The van der Waals surface area contributed by atoms with Gasteiger partial charge in [0, 0.05) is 6.08 Å². The fourth-order valence-corrected chi connectivity index (χ4v) is 2.09. The average Bonchev–Trinajstić information content (AvgIpc) is 2.95. The molecule has 0 saturated carbocycles. The van der Waals surface area contributed by atoms with Crippen LogP contribution in [-0.4, -0.2) is 23.0 Å². The van der Waals surface area contributed by atoms with E-state index in [0.717, 1.165) is 22.3 Å². The largest absolute Gasteiger partial charge is 0.497 e. The van der Waals surface area contributed by atoms with Crippen LogP contribution >= 0.6 is 0 Å². The normalized spacial score (nSPS) is 11.0. The summed E-state index contributed by atoms with van der Waals surface area (Å²) >= 11 is 0. The zero-order valence-electron chi connectivity index (χ0n) is 12.0. The Hall–Kier alpha value is -3.08. The van der Waals surface area contributed by atoms with E-state index in [4.69, 9.17) is 4.74 Å². The number of carbonyl (C=O) groups is 1. The molecule has 5 nitrogen and oxygen atoms in total. The number of methoxy groups -OCH3 is 1. The van der Waals surface area contributed by atoms with Crippen LogP contribution in [0.5, 0.6) is 5.75 Å². The van der Waals surface area contributed by atoms with E-state index in [1.807, 2.05) is 48.5 Å². The van der Waals surface area contributed by atoms with Gasteiger partial charge in [0.15, 0.2) is 0 Å². The number of hydrogen-bond donors (Lipinski definition) is 2. The minimum atomic E-state index is -0.248. The van der Waals surface area contributed by atoms with Gasteiger partial charge in [-0.1, -0.05) is 24.3 Å². The van der Waals surface area contributed by atoms with Crippen LogP contribution in [0.15, 0.2) is 54.6 Å². The molecule has 2 N–H and O–H groups in total. The molecule has 1 aromatic heterocycles. The third-order valence-electron chi connectivity index (χ3n) is 3.15. The number of H-pyrrole nitrogens is 1. The summed E-state index contributed by atoms with van der Waals surface area (Å²) in [6, 6.07) is 15.1.